The Morgan fingerprint density at radius 3 is 1.79 bits per heavy atom. The van der Waals surface area contributed by atoms with Gasteiger partial charge in [-0.25, -0.2) is 9.59 Å². The third-order valence-electron chi connectivity index (χ3n) is 3.18. The van der Waals surface area contributed by atoms with Crippen molar-refractivity contribution in [3.8, 4) is 0 Å². The van der Waals surface area contributed by atoms with Gasteiger partial charge in [-0.15, -0.1) is 0 Å². The van der Waals surface area contributed by atoms with Crippen LogP contribution in [0.1, 0.15) is 26.2 Å². The lowest BCUT2D eigenvalue weighted by molar-refractivity contribution is -0.118. The van der Waals surface area contributed by atoms with Gasteiger partial charge in [0.1, 0.15) is 19.3 Å². The zero-order chi connectivity index (χ0) is 14.0. The maximum Gasteiger partial charge on any atom is 0.326 e. The van der Waals surface area contributed by atoms with Gasteiger partial charge >= 0.3 is 12.1 Å². The number of nitrogens with one attached hydrogen (secondary N) is 2. The molecule has 104 valence electrons. The van der Waals surface area contributed by atoms with E-state index >= 15 is 0 Å². The van der Waals surface area contributed by atoms with E-state index in [0.717, 1.165) is 12.8 Å². The molecule has 0 radical (unpaired) electrons. The second kappa shape index (κ2) is 5.25. The average molecular weight is 268 g/mol. The third-order valence-corrected chi connectivity index (χ3v) is 3.18. The predicted molar refractivity (Wildman–Crippen MR) is 63.8 cm³/mol. The fourth-order valence-corrected chi connectivity index (χ4v) is 2.26. The van der Waals surface area contributed by atoms with Gasteiger partial charge in [0.05, 0.1) is 0 Å². The summed E-state index contributed by atoms with van der Waals surface area (Å²) in [6, 6.07) is -1.03. The Labute approximate surface area is 110 Å². The van der Waals surface area contributed by atoms with Crippen LogP contribution in [0.2, 0.25) is 0 Å². The fraction of sp³-hybridized carbons (Fsp3) is 0.636. The monoisotopic (exact) mass is 268 g/mol. The number of hydrogen-bond acceptors (Lipinski definition) is 4. The largest absolute Gasteiger partial charge is 0.326 e. The number of amides is 6. The second-order valence-corrected chi connectivity index (χ2v) is 4.59. The summed E-state index contributed by atoms with van der Waals surface area (Å²) in [5.74, 6) is -0.783. The van der Waals surface area contributed by atoms with E-state index in [2.05, 4.69) is 10.6 Å². The highest BCUT2D eigenvalue weighted by molar-refractivity contribution is 6.04. The lowest BCUT2D eigenvalue weighted by atomic mass is 10.2. The summed E-state index contributed by atoms with van der Waals surface area (Å²) < 4.78 is 0. The summed E-state index contributed by atoms with van der Waals surface area (Å²) in [4.78, 5) is 48.5. The van der Waals surface area contributed by atoms with Gasteiger partial charge in [-0.1, -0.05) is 13.3 Å². The number of unbranched alkanes of at least 4 members (excludes halogenated alkanes) is 1. The van der Waals surface area contributed by atoms with E-state index in [0.29, 0.717) is 6.42 Å². The van der Waals surface area contributed by atoms with Crippen LogP contribution in [0, 0.1) is 0 Å². The summed E-state index contributed by atoms with van der Waals surface area (Å²) in [7, 11) is 0. The summed E-state index contributed by atoms with van der Waals surface area (Å²) >= 11 is 0. The summed E-state index contributed by atoms with van der Waals surface area (Å²) in [6.07, 6.45) is 1.67. The molecular formula is C11H16N4O4. The van der Waals surface area contributed by atoms with Crippen molar-refractivity contribution in [3.63, 3.8) is 0 Å². The standard InChI is InChI=1S/C11H16N4O4/c1-2-3-4-9(14-5-7(16)12-10(14)18)15-6-8(17)13-11(15)19/h9H,2-6H2,1H3,(H,12,16,18)(H,13,17,19). The minimum atomic E-state index is -0.558. The Bertz CT molecular complexity index is 400. The smallest absolute Gasteiger partial charge is 0.294 e. The Hall–Kier alpha value is -2.12. The first-order valence-corrected chi connectivity index (χ1v) is 6.24. The highest BCUT2D eigenvalue weighted by Gasteiger charge is 2.40. The van der Waals surface area contributed by atoms with Gasteiger partial charge in [0, 0.05) is 0 Å². The molecule has 0 aromatic rings. The van der Waals surface area contributed by atoms with Crippen molar-refractivity contribution in [2.75, 3.05) is 13.1 Å². The summed E-state index contributed by atoms with van der Waals surface area (Å²) in [6.45, 7) is 1.83. The van der Waals surface area contributed by atoms with E-state index in [-0.39, 0.29) is 13.1 Å². The quantitative estimate of drug-likeness (QED) is 0.663. The van der Waals surface area contributed by atoms with Crippen molar-refractivity contribution in [2.24, 2.45) is 0 Å². The molecule has 2 saturated heterocycles. The van der Waals surface area contributed by atoms with E-state index < -0.39 is 30.0 Å². The van der Waals surface area contributed by atoms with Crippen LogP contribution in [-0.2, 0) is 9.59 Å². The van der Waals surface area contributed by atoms with Gasteiger partial charge < -0.3 is 0 Å². The Morgan fingerprint density at radius 1 is 1.00 bits per heavy atom. The molecule has 0 saturated carbocycles. The zero-order valence-corrected chi connectivity index (χ0v) is 10.6. The number of hydrogen-bond donors (Lipinski definition) is 2. The van der Waals surface area contributed by atoms with Crippen molar-refractivity contribution in [1.29, 1.82) is 0 Å². The van der Waals surface area contributed by atoms with Crippen molar-refractivity contribution in [2.45, 2.75) is 32.4 Å². The number of imide groups is 2. The highest BCUT2D eigenvalue weighted by Crippen LogP contribution is 2.18. The number of nitrogens with zero attached hydrogens (tertiary/aromatic N) is 2. The summed E-state index contributed by atoms with van der Waals surface area (Å²) in [5, 5.41) is 4.36. The van der Waals surface area contributed by atoms with Crippen LogP contribution < -0.4 is 10.6 Å². The molecule has 8 nitrogen and oxygen atoms in total. The van der Waals surface area contributed by atoms with Gasteiger partial charge in [-0.2, -0.15) is 0 Å². The van der Waals surface area contributed by atoms with Gasteiger partial charge in [0.15, 0.2) is 0 Å². The lowest BCUT2D eigenvalue weighted by Gasteiger charge is -2.32. The van der Waals surface area contributed by atoms with Crippen molar-refractivity contribution in [1.82, 2.24) is 20.4 Å². The maximum absolute atomic E-state index is 11.7. The molecule has 0 aliphatic carbocycles. The van der Waals surface area contributed by atoms with Crippen LogP contribution in [0.5, 0.6) is 0 Å². The molecule has 2 fully saturated rings. The van der Waals surface area contributed by atoms with E-state index in [1.165, 1.54) is 9.80 Å². The van der Waals surface area contributed by atoms with Crippen LogP contribution in [0.3, 0.4) is 0 Å². The van der Waals surface area contributed by atoms with Gasteiger partial charge in [-0.05, 0) is 12.8 Å². The molecule has 2 aliphatic heterocycles. The van der Waals surface area contributed by atoms with Crippen molar-refractivity contribution in [3.05, 3.63) is 0 Å². The molecule has 8 heteroatoms. The van der Waals surface area contributed by atoms with E-state index in [1.54, 1.807) is 0 Å². The molecule has 2 N–H and O–H groups in total. The van der Waals surface area contributed by atoms with Crippen LogP contribution in [-0.4, -0.2) is 52.9 Å². The molecule has 6 amide bonds. The molecule has 0 spiro atoms. The van der Waals surface area contributed by atoms with Gasteiger partial charge in [0.2, 0.25) is 11.8 Å². The first kappa shape index (κ1) is 13.3. The molecular weight excluding hydrogens is 252 g/mol. The lowest BCUT2D eigenvalue weighted by Crippen LogP contribution is -2.50. The number of carbonyl (C=O) groups excluding carboxylic acids is 4. The summed E-state index contributed by atoms with van der Waals surface area (Å²) in [5.41, 5.74) is 0. The Balaban J connectivity index is 2.16. The second-order valence-electron chi connectivity index (χ2n) is 4.59. The molecule has 0 bridgehead atoms. The Morgan fingerprint density at radius 2 is 1.47 bits per heavy atom. The first-order chi connectivity index (χ1) is 9.02. The molecule has 0 atom stereocenters. The highest BCUT2D eigenvalue weighted by atomic mass is 16.2. The third kappa shape index (κ3) is 2.67. The van der Waals surface area contributed by atoms with E-state index in [4.69, 9.17) is 0 Å². The average Bonchev–Trinajstić information content (AvgIpc) is 2.83. The number of urea groups is 2. The minimum absolute atomic E-state index is 0.0782. The van der Waals surface area contributed by atoms with Crippen molar-refractivity contribution >= 4 is 23.9 Å². The van der Waals surface area contributed by atoms with Crippen LogP contribution in [0.4, 0.5) is 9.59 Å². The van der Waals surface area contributed by atoms with E-state index in [1.807, 2.05) is 6.92 Å². The van der Waals surface area contributed by atoms with Gasteiger partial charge in [0.25, 0.3) is 0 Å². The predicted octanol–water partition coefficient (Wildman–Crippen LogP) is -0.394. The minimum Gasteiger partial charge on any atom is -0.294 e. The molecule has 2 heterocycles. The molecule has 0 unspecified atom stereocenters. The normalized spacial score (nSPS) is 19.5. The number of rotatable bonds is 5. The topological polar surface area (TPSA) is 98.8 Å². The molecule has 2 aliphatic rings. The maximum atomic E-state index is 11.7. The fourth-order valence-electron chi connectivity index (χ4n) is 2.26. The Kier molecular flexibility index (Phi) is 3.68. The molecule has 19 heavy (non-hydrogen) atoms. The first-order valence-electron chi connectivity index (χ1n) is 6.24. The van der Waals surface area contributed by atoms with Gasteiger partial charge in [-0.3, -0.25) is 30.0 Å². The van der Waals surface area contributed by atoms with Crippen LogP contribution in [0.15, 0.2) is 0 Å². The SMILES string of the molecule is CCCCC(N1CC(=O)NC1=O)N1CC(=O)NC1=O. The molecule has 0 aromatic heterocycles. The van der Waals surface area contributed by atoms with Crippen LogP contribution in [0.25, 0.3) is 0 Å². The molecule has 0 aromatic carbocycles. The van der Waals surface area contributed by atoms with E-state index in [9.17, 15) is 19.2 Å². The zero-order valence-electron chi connectivity index (χ0n) is 10.6. The molecule has 2 rings (SSSR count). The number of carbonyl (C=O) groups is 4. The van der Waals surface area contributed by atoms with Crippen LogP contribution >= 0.6 is 0 Å². The van der Waals surface area contributed by atoms with Crippen molar-refractivity contribution < 1.29 is 19.2 Å².